The van der Waals surface area contributed by atoms with Crippen LogP contribution in [-0.4, -0.2) is 48.6 Å². The van der Waals surface area contributed by atoms with Crippen LogP contribution >= 0.6 is 39.1 Å². The first-order valence-electron chi connectivity index (χ1n) is 14.9. The van der Waals surface area contributed by atoms with Gasteiger partial charge in [0, 0.05) is 33.2 Å². The number of nitrogens with one attached hydrogen (secondary N) is 1. The zero-order valence-electron chi connectivity index (χ0n) is 25.5. The third kappa shape index (κ3) is 6.80. The molecule has 0 saturated heterocycles. The number of rotatable bonds is 13. The fourth-order valence-electron chi connectivity index (χ4n) is 5.69. The Hall–Kier alpha value is -1.85. The van der Waals surface area contributed by atoms with Gasteiger partial charge in [-0.1, -0.05) is 65.1 Å². The van der Waals surface area contributed by atoms with Crippen molar-refractivity contribution in [2.75, 3.05) is 19.7 Å². The van der Waals surface area contributed by atoms with Crippen molar-refractivity contribution in [3.63, 3.8) is 0 Å². The monoisotopic (exact) mass is 721 g/mol. The van der Waals surface area contributed by atoms with E-state index < -0.39 is 19.9 Å². The molecule has 0 bridgehead atoms. The fourth-order valence-corrected chi connectivity index (χ4v) is 7.14. The van der Waals surface area contributed by atoms with Crippen LogP contribution in [0.25, 0.3) is 0 Å². The number of benzene rings is 2. The molecule has 1 atom stereocenters. The molecule has 2 N–H and O–H groups in total. The SMILES string of the molecule is CC(C)(CCCNCC1(COC2(c3ccc(Cl)cc3)c3c(F)cc(Br)cc3C(=O)N2Cc2ccc(Cl)cn2)CC1)[Si](C)(C)O. The average molecular weight is 724 g/mol. The molecule has 1 unspecified atom stereocenters. The highest BCUT2D eigenvalue weighted by Crippen LogP contribution is 2.52. The lowest BCUT2D eigenvalue weighted by molar-refractivity contribution is -0.126. The number of carbonyl (C=O) groups excluding carboxylic acids is 1. The second kappa shape index (κ2) is 12.7. The number of amides is 1. The number of hydrogen-bond acceptors (Lipinski definition) is 5. The van der Waals surface area contributed by atoms with Crippen molar-refractivity contribution < 1.29 is 18.7 Å². The molecular weight excluding hydrogens is 684 g/mol. The Balaban J connectivity index is 1.44. The fraction of sp³-hybridized carbons (Fsp3) is 0.455. The summed E-state index contributed by atoms with van der Waals surface area (Å²) in [7, 11) is -2.25. The molecule has 11 heteroatoms. The molecule has 6 nitrogen and oxygen atoms in total. The van der Waals surface area contributed by atoms with Crippen LogP contribution in [0.3, 0.4) is 0 Å². The van der Waals surface area contributed by atoms with Crippen molar-refractivity contribution in [3.05, 3.63) is 97.4 Å². The number of ether oxygens (including phenoxy) is 1. The van der Waals surface area contributed by atoms with Crippen LogP contribution in [0, 0.1) is 11.2 Å². The minimum absolute atomic E-state index is 0.0656. The zero-order valence-corrected chi connectivity index (χ0v) is 29.6. The molecule has 1 fully saturated rings. The van der Waals surface area contributed by atoms with E-state index >= 15 is 4.39 Å². The first-order chi connectivity index (χ1) is 20.7. The van der Waals surface area contributed by atoms with E-state index in [9.17, 15) is 9.59 Å². The van der Waals surface area contributed by atoms with Crippen molar-refractivity contribution >= 4 is 53.4 Å². The van der Waals surface area contributed by atoms with E-state index in [-0.39, 0.29) is 34.0 Å². The average Bonchev–Trinajstić information content (AvgIpc) is 3.68. The minimum Gasteiger partial charge on any atom is -0.432 e. The highest BCUT2D eigenvalue weighted by atomic mass is 79.9. The zero-order chi connectivity index (χ0) is 31.9. The van der Waals surface area contributed by atoms with Gasteiger partial charge in [-0.3, -0.25) is 14.7 Å². The molecule has 3 aromatic rings. The second-order valence-electron chi connectivity index (χ2n) is 13.3. The summed E-state index contributed by atoms with van der Waals surface area (Å²) in [4.78, 5) is 30.7. The van der Waals surface area contributed by atoms with Gasteiger partial charge < -0.3 is 14.8 Å². The van der Waals surface area contributed by atoms with Gasteiger partial charge in [0.15, 0.2) is 14.0 Å². The summed E-state index contributed by atoms with van der Waals surface area (Å²) in [5.74, 6) is -0.891. The summed E-state index contributed by atoms with van der Waals surface area (Å²) >= 11 is 15.7. The van der Waals surface area contributed by atoms with E-state index in [4.69, 9.17) is 27.9 Å². The number of hydrogen-bond donors (Lipinski definition) is 2. The van der Waals surface area contributed by atoms with Crippen LogP contribution in [0.4, 0.5) is 4.39 Å². The molecule has 5 rings (SSSR count). The second-order valence-corrected chi connectivity index (χ2v) is 19.6. The van der Waals surface area contributed by atoms with E-state index in [0.29, 0.717) is 32.4 Å². The van der Waals surface area contributed by atoms with E-state index in [1.54, 1.807) is 47.4 Å². The Morgan fingerprint density at radius 1 is 1.14 bits per heavy atom. The number of nitrogens with zero attached hydrogens (tertiary/aromatic N) is 2. The summed E-state index contributed by atoms with van der Waals surface area (Å²) in [6.45, 7) is 10.3. The van der Waals surface area contributed by atoms with E-state index in [2.05, 4.69) is 40.1 Å². The maximum atomic E-state index is 16.1. The van der Waals surface area contributed by atoms with Crippen LogP contribution in [-0.2, 0) is 17.0 Å². The van der Waals surface area contributed by atoms with Gasteiger partial charge in [0.05, 0.1) is 35.0 Å². The summed E-state index contributed by atoms with van der Waals surface area (Å²) in [6, 6.07) is 13.5. The minimum atomic E-state index is -2.25. The quantitative estimate of drug-likeness (QED) is 0.137. The van der Waals surface area contributed by atoms with Crippen LogP contribution in [0.5, 0.6) is 0 Å². The Morgan fingerprint density at radius 2 is 1.82 bits per heavy atom. The Bertz CT molecular complexity index is 1510. The van der Waals surface area contributed by atoms with Gasteiger partial charge in [-0.2, -0.15) is 0 Å². The molecule has 1 aliphatic heterocycles. The van der Waals surface area contributed by atoms with Crippen LogP contribution in [0.15, 0.2) is 59.2 Å². The van der Waals surface area contributed by atoms with Gasteiger partial charge in [-0.05, 0) is 86.8 Å². The third-order valence-corrected chi connectivity index (χ3v) is 13.9. The van der Waals surface area contributed by atoms with Crippen LogP contribution in [0.2, 0.25) is 28.2 Å². The maximum Gasteiger partial charge on any atom is 0.257 e. The molecule has 0 spiro atoms. The molecular formula is C33H39BrCl2FN3O3Si. The predicted molar refractivity (Wildman–Crippen MR) is 179 cm³/mol. The molecule has 2 heterocycles. The summed E-state index contributed by atoms with van der Waals surface area (Å²) in [6.07, 6.45) is 5.35. The summed E-state index contributed by atoms with van der Waals surface area (Å²) < 4.78 is 23.5. The van der Waals surface area contributed by atoms with Gasteiger partial charge in [-0.25, -0.2) is 4.39 Å². The lowest BCUT2D eigenvalue weighted by atomic mass is 9.92. The van der Waals surface area contributed by atoms with E-state index in [0.717, 1.165) is 38.8 Å². The number of pyridine rings is 1. The number of carbonyl (C=O) groups is 1. The maximum absolute atomic E-state index is 16.1. The largest absolute Gasteiger partial charge is 0.432 e. The van der Waals surface area contributed by atoms with Crippen molar-refractivity contribution in [2.45, 2.75) is 69.9 Å². The molecule has 2 aliphatic rings. The van der Waals surface area contributed by atoms with Crippen molar-refractivity contribution in [1.29, 1.82) is 0 Å². The van der Waals surface area contributed by atoms with Gasteiger partial charge in [0.25, 0.3) is 5.91 Å². The lowest BCUT2D eigenvalue weighted by Gasteiger charge is -2.40. The van der Waals surface area contributed by atoms with Crippen LogP contribution < -0.4 is 5.32 Å². The topological polar surface area (TPSA) is 74.7 Å². The molecule has 236 valence electrons. The number of fused-ring (bicyclic) bond motifs is 1. The highest BCUT2D eigenvalue weighted by Gasteiger charge is 2.56. The molecule has 2 aromatic carbocycles. The Morgan fingerprint density at radius 3 is 2.43 bits per heavy atom. The predicted octanol–water partition coefficient (Wildman–Crippen LogP) is 8.29. The normalized spacial score (nSPS) is 19.4. The Labute approximate surface area is 278 Å². The third-order valence-electron chi connectivity index (χ3n) is 9.45. The van der Waals surface area contributed by atoms with Gasteiger partial charge in [0.1, 0.15) is 5.82 Å². The summed E-state index contributed by atoms with van der Waals surface area (Å²) in [5.41, 5.74) is -0.0600. The van der Waals surface area contributed by atoms with E-state index in [1.165, 1.54) is 12.3 Å². The van der Waals surface area contributed by atoms with Gasteiger partial charge in [-0.15, -0.1) is 0 Å². The van der Waals surface area contributed by atoms with Gasteiger partial charge in [0.2, 0.25) is 0 Å². The van der Waals surface area contributed by atoms with Gasteiger partial charge >= 0.3 is 0 Å². The smallest absolute Gasteiger partial charge is 0.257 e. The van der Waals surface area contributed by atoms with E-state index in [1.807, 2.05) is 13.1 Å². The number of halogens is 4. The van der Waals surface area contributed by atoms with Crippen molar-refractivity contribution in [2.24, 2.45) is 5.41 Å². The van der Waals surface area contributed by atoms with Crippen molar-refractivity contribution in [1.82, 2.24) is 15.2 Å². The Kier molecular flexibility index (Phi) is 9.70. The molecule has 1 aliphatic carbocycles. The number of aromatic nitrogens is 1. The molecule has 1 amide bonds. The highest BCUT2D eigenvalue weighted by molar-refractivity contribution is 9.10. The first kappa shape index (κ1) is 33.5. The molecule has 0 radical (unpaired) electrons. The molecule has 1 aromatic heterocycles. The molecule has 1 saturated carbocycles. The summed E-state index contributed by atoms with van der Waals surface area (Å²) in [5, 5.41) is 4.54. The van der Waals surface area contributed by atoms with Crippen molar-refractivity contribution in [3.8, 4) is 0 Å². The lowest BCUT2D eigenvalue weighted by Crippen LogP contribution is -2.48. The standard InChI is InChI=1S/C33H39BrCl2FN3O3Si/c1-31(2,44(3,4)42)12-5-15-38-20-32(13-14-32)21-43-33(22-6-8-24(35)9-7-22)29-27(16-23(34)17-28(29)37)30(41)40(33)19-26-11-10-25(36)18-39-26/h6-11,16-18,38,42H,5,12-15,19-21H2,1-4H3. The molecule has 44 heavy (non-hydrogen) atoms. The van der Waals surface area contributed by atoms with Crippen LogP contribution in [0.1, 0.15) is 66.7 Å². The first-order valence-corrected chi connectivity index (χ1v) is 19.4.